The first kappa shape index (κ1) is 14.2. The van der Waals surface area contributed by atoms with Crippen molar-refractivity contribution in [2.75, 3.05) is 20.3 Å². The first-order chi connectivity index (χ1) is 8.63. The molecular formula is C11H15N3O3S. The summed E-state index contributed by atoms with van der Waals surface area (Å²) in [5, 5.41) is 25.5. The van der Waals surface area contributed by atoms with Crippen LogP contribution in [-0.2, 0) is 4.74 Å². The zero-order valence-corrected chi connectivity index (χ0v) is 10.7. The molecule has 0 spiro atoms. The van der Waals surface area contributed by atoms with Crippen LogP contribution >= 0.6 is 12.2 Å². The van der Waals surface area contributed by atoms with E-state index in [0.717, 1.165) is 0 Å². The molecule has 0 aliphatic rings. The van der Waals surface area contributed by atoms with Gasteiger partial charge in [-0.25, -0.2) is 0 Å². The summed E-state index contributed by atoms with van der Waals surface area (Å²) in [7, 11) is 1.60. The van der Waals surface area contributed by atoms with E-state index in [4.69, 9.17) is 22.1 Å². The summed E-state index contributed by atoms with van der Waals surface area (Å²) >= 11 is 4.95. The fourth-order valence-electron chi connectivity index (χ4n) is 1.09. The van der Waals surface area contributed by atoms with E-state index in [1.807, 2.05) is 0 Å². The van der Waals surface area contributed by atoms with Crippen molar-refractivity contribution in [3.8, 4) is 11.5 Å². The maximum Gasteiger partial charge on any atom is 0.187 e. The normalized spacial score (nSPS) is 10.5. The Kier molecular flexibility index (Phi) is 5.89. The molecule has 0 unspecified atom stereocenters. The molecule has 18 heavy (non-hydrogen) atoms. The lowest BCUT2D eigenvalue weighted by atomic mass is 10.2. The Morgan fingerprint density at radius 2 is 2.22 bits per heavy atom. The molecule has 0 aliphatic carbocycles. The van der Waals surface area contributed by atoms with E-state index in [-0.39, 0.29) is 11.5 Å². The Labute approximate surface area is 110 Å². The molecule has 0 fully saturated rings. The number of benzene rings is 1. The summed E-state index contributed by atoms with van der Waals surface area (Å²) in [5.74, 6) is -0.364. The lowest BCUT2D eigenvalue weighted by molar-refractivity contribution is 0.204. The Balaban J connectivity index is 2.40. The Bertz CT molecular complexity index is 438. The zero-order valence-electron chi connectivity index (χ0n) is 9.88. The van der Waals surface area contributed by atoms with Crippen molar-refractivity contribution in [2.24, 2.45) is 5.10 Å². The third kappa shape index (κ3) is 4.98. The van der Waals surface area contributed by atoms with Gasteiger partial charge in [0.15, 0.2) is 16.6 Å². The number of nitrogens with one attached hydrogen (secondary N) is 2. The van der Waals surface area contributed by atoms with Gasteiger partial charge >= 0.3 is 0 Å². The van der Waals surface area contributed by atoms with Gasteiger partial charge in [0.2, 0.25) is 0 Å². The van der Waals surface area contributed by atoms with Crippen molar-refractivity contribution in [3.05, 3.63) is 23.8 Å². The molecule has 0 saturated carbocycles. The fourth-order valence-corrected chi connectivity index (χ4v) is 1.25. The van der Waals surface area contributed by atoms with E-state index in [2.05, 4.69) is 15.8 Å². The number of ether oxygens (including phenoxy) is 1. The van der Waals surface area contributed by atoms with Crippen LogP contribution in [0, 0.1) is 0 Å². The van der Waals surface area contributed by atoms with Crippen molar-refractivity contribution in [2.45, 2.75) is 0 Å². The van der Waals surface area contributed by atoms with Gasteiger partial charge < -0.3 is 20.3 Å². The van der Waals surface area contributed by atoms with Crippen molar-refractivity contribution in [3.63, 3.8) is 0 Å². The Hall–Kier alpha value is -1.86. The minimum absolute atomic E-state index is 0.170. The van der Waals surface area contributed by atoms with Gasteiger partial charge in [0, 0.05) is 13.7 Å². The zero-order chi connectivity index (χ0) is 13.4. The molecule has 1 aromatic rings. The smallest absolute Gasteiger partial charge is 0.187 e. The van der Waals surface area contributed by atoms with Crippen LogP contribution in [0.1, 0.15) is 5.56 Å². The molecule has 4 N–H and O–H groups in total. The van der Waals surface area contributed by atoms with Crippen LogP contribution in [0.4, 0.5) is 0 Å². The summed E-state index contributed by atoms with van der Waals surface area (Å²) in [5.41, 5.74) is 3.25. The van der Waals surface area contributed by atoms with Crippen molar-refractivity contribution < 1.29 is 14.9 Å². The predicted molar refractivity (Wildman–Crippen MR) is 73.0 cm³/mol. The molecule has 7 heteroatoms. The van der Waals surface area contributed by atoms with Crippen LogP contribution in [0.15, 0.2) is 23.3 Å². The molecule has 98 valence electrons. The van der Waals surface area contributed by atoms with Crippen molar-refractivity contribution in [1.82, 2.24) is 10.7 Å². The van der Waals surface area contributed by atoms with Gasteiger partial charge in [-0.15, -0.1) is 0 Å². The van der Waals surface area contributed by atoms with E-state index in [0.29, 0.717) is 23.8 Å². The van der Waals surface area contributed by atoms with E-state index >= 15 is 0 Å². The predicted octanol–water partition coefficient (Wildman–Crippen LogP) is 0.542. The molecule has 0 amide bonds. The second-order valence-corrected chi connectivity index (χ2v) is 3.78. The monoisotopic (exact) mass is 269 g/mol. The minimum Gasteiger partial charge on any atom is -0.504 e. The number of hydrazone groups is 1. The number of aromatic hydroxyl groups is 2. The van der Waals surface area contributed by atoms with Crippen LogP contribution in [0.3, 0.4) is 0 Å². The highest BCUT2D eigenvalue weighted by Crippen LogP contribution is 2.23. The summed E-state index contributed by atoms with van der Waals surface area (Å²) in [6, 6.07) is 4.38. The summed E-state index contributed by atoms with van der Waals surface area (Å²) < 4.78 is 4.85. The van der Waals surface area contributed by atoms with Gasteiger partial charge in [0.25, 0.3) is 0 Å². The van der Waals surface area contributed by atoms with E-state index in [9.17, 15) is 5.11 Å². The molecule has 0 heterocycles. The number of hydrogen-bond acceptors (Lipinski definition) is 5. The second kappa shape index (κ2) is 7.46. The first-order valence-electron chi connectivity index (χ1n) is 5.21. The fraction of sp³-hybridized carbons (Fsp3) is 0.273. The van der Waals surface area contributed by atoms with Crippen molar-refractivity contribution >= 4 is 23.5 Å². The maximum atomic E-state index is 9.27. The highest BCUT2D eigenvalue weighted by molar-refractivity contribution is 7.80. The number of phenols is 2. The topological polar surface area (TPSA) is 86.1 Å². The van der Waals surface area contributed by atoms with Crippen LogP contribution < -0.4 is 10.7 Å². The van der Waals surface area contributed by atoms with Gasteiger partial charge in [-0.3, -0.25) is 5.43 Å². The molecule has 0 aliphatic heterocycles. The summed E-state index contributed by atoms with van der Waals surface area (Å²) in [6.07, 6.45) is 1.48. The van der Waals surface area contributed by atoms with E-state index < -0.39 is 0 Å². The number of nitrogens with zero attached hydrogens (tertiary/aromatic N) is 1. The average molecular weight is 269 g/mol. The number of methoxy groups -OCH3 is 1. The number of phenolic OH excluding ortho intramolecular Hbond substituents is 2. The van der Waals surface area contributed by atoms with Gasteiger partial charge in [-0.05, 0) is 36.0 Å². The Morgan fingerprint density at radius 1 is 1.44 bits per heavy atom. The van der Waals surface area contributed by atoms with Crippen LogP contribution in [0.2, 0.25) is 0 Å². The third-order valence-electron chi connectivity index (χ3n) is 1.97. The van der Waals surface area contributed by atoms with Crippen LogP contribution in [0.25, 0.3) is 0 Å². The lowest BCUT2D eigenvalue weighted by Crippen LogP contribution is -2.34. The van der Waals surface area contributed by atoms with Crippen molar-refractivity contribution in [1.29, 1.82) is 0 Å². The lowest BCUT2D eigenvalue weighted by Gasteiger charge is -2.05. The van der Waals surface area contributed by atoms with Crippen LogP contribution in [0.5, 0.6) is 11.5 Å². The molecule has 0 saturated heterocycles. The Morgan fingerprint density at radius 3 is 2.89 bits per heavy atom. The molecule has 0 bridgehead atoms. The molecule has 1 aromatic carbocycles. The molecular weight excluding hydrogens is 254 g/mol. The molecule has 0 radical (unpaired) electrons. The van der Waals surface area contributed by atoms with Gasteiger partial charge in [-0.1, -0.05) is 0 Å². The van der Waals surface area contributed by atoms with Gasteiger partial charge in [0.1, 0.15) is 0 Å². The van der Waals surface area contributed by atoms with Gasteiger partial charge in [-0.2, -0.15) is 5.10 Å². The quantitative estimate of drug-likeness (QED) is 0.205. The number of rotatable bonds is 5. The van der Waals surface area contributed by atoms with Crippen LogP contribution in [-0.4, -0.2) is 41.8 Å². The summed E-state index contributed by atoms with van der Waals surface area (Å²) in [6.45, 7) is 1.15. The largest absolute Gasteiger partial charge is 0.504 e. The third-order valence-corrected chi connectivity index (χ3v) is 2.21. The highest BCUT2D eigenvalue weighted by atomic mass is 32.1. The van der Waals surface area contributed by atoms with E-state index in [1.54, 1.807) is 13.2 Å². The maximum absolute atomic E-state index is 9.27. The average Bonchev–Trinajstić information content (AvgIpc) is 2.34. The molecule has 0 atom stereocenters. The molecule has 1 rings (SSSR count). The minimum atomic E-state index is -0.195. The molecule has 0 aromatic heterocycles. The number of hydrogen-bond donors (Lipinski definition) is 4. The standard InChI is InChI=1S/C11H15N3O3S/c1-17-5-4-12-11(18)14-13-7-8-2-3-9(15)10(16)6-8/h2-3,6-7,15-16H,4-5H2,1H3,(H2,12,14,18)/b13-7+. The van der Waals surface area contributed by atoms with E-state index in [1.165, 1.54) is 18.3 Å². The summed E-state index contributed by atoms with van der Waals surface area (Å²) in [4.78, 5) is 0. The number of thiocarbonyl (C=S) groups is 1. The molecule has 6 nitrogen and oxygen atoms in total. The first-order valence-corrected chi connectivity index (χ1v) is 5.62. The SMILES string of the molecule is COCCNC(=S)N/N=C/c1ccc(O)c(O)c1. The van der Waals surface area contributed by atoms with Gasteiger partial charge in [0.05, 0.1) is 12.8 Å². The highest BCUT2D eigenvalue weighted by Gasteiger charge is 1.98. The second-order valence-electron chi connectivity index (χ2n) is 3.37.